The monoisotopic (exact) mass is 270 g/mol. The van der Waals surface area contributed by atoms with E-state index in [4.69, 9.17) is 5.73 Å². The van der Waals surface area contributed by atoms with Gasteiger partial charge in [-0.2, -0.15) is 0 Å². The third-order valence-electron chi connectivity index (χ3n) is 6.07. The maximum Gasteiger partial charge on any atom is 0.0365 e. The smallest absolute Gasteiger partial charge is 0.0365 e. The van der Waals surface area contributed by atoms with Crippen LogP contribution >= 0.6 is 0 Å². The molecule has 2 heteroatoms. The summed E-state index contributed by atoms with van der Waals surface area (Å²) < 4.78 is 0. The van der Waals surface area contributed by atoms with Gasteiger partial charge in [0.2, 0.25) is 0 Å². The van der Waals surface area contributed by atoms with Crippen LogP contribution in [-0.2, 0) is 0 Å². The van der Waals surface area contributed by atoms with Gasteiger partial charge in [0.15, 0.2) is 0 Å². The summed E-state index contributed by atoms with van der Waals surface area (Å²) in [4.78, 5) is 2.46. The van der Waals surface area contributed by atoms with Crippen molar-refractivity contribution in [3.05, 3.63) is 24.3 Å². The van der Waals surface area contributed by atoms with Crippen LogP contribution < -0.4 is 10.6 Å². The Kier molecular flexibility index (Phi) is 2.77. The summed E-state index contributed by atoms with van der Waals surface area (Å²) in [6, 6.07) is 8.36. The zero-order valence-electron chi connectivity index (χ0n) is 12.5. The van der Waals surface area contributed by atoms with Crippen molar-refractivity contribution in [2.75, 3.05) is 24.2 Å². The van der Waals surface area contributed by atoms with Crippen molar-refractivity contribution in [3.8, 4) is 0 Å². The zero-order chi connectivity index (χ0) is 13.7. The zero-order valence-corrected chi connectivity index (χ0v) is 12.5. The van der Waals surface area contributed by atoms with Gasteiger partial charge in [0.25, 0.3) is 0 Å². The predicted molar refractivity (Wildman–Crippen MR) is 84.7 cm³/mol. The van der Waals surface area contributed by atoms with Gasteiger partial charge in [-0.05, 0) is 86.0 Å². The fraction of sp³-hybridized carbons (Fsp3) is 0.667. The third-order valence-corrected chi connectivity index (χ3v) is 6.07. The maximum absolute atomic E-state index is 5.80. The fourth-order valence-corrected chi connectivity index (χ4v) is 5.81. The Morgan fingerprint density at radius 1 is 1.00 bits per heavy atom. The van der Waals surface area contributed by atoms with Crippen molar-refractivity contribution in [1.82, 2.24) is 0 Å². The minimum absolute atomic E-state index is 0.616. The van der Waals surface area contributed by atoms with Crippen molar-refractivity contribution in [2.45, 2.75) is 38.5 Å². The van der Waals surface area contributed by atoms with Gasteiger partial charge in [-0.1, -0.05) is 0 Å². The van der Waals surface area contributed by atoms with E-state index in [1.165, 1.54) is 50.8 Å². The molecule has 5 rings (SSSR count). The molecular formula is C18H26N2. The Hall–Kier alpha value is -1.18. The molecule has 0 aliphatic heterocycles. The van der Waals surface area contributed by atoms with Crippen LogP contribution in [0, 0.1) is 23.2 Å². The number of nitrogens with two attached hydrogens (primary N) is 1. The quantitative estimate of drug-likeness (QED) is 0.843. The second kappa shape index (κ2) is 4.41. The van der Waals surface area contributed by atoms with Gasteiger partial charge in [-0.3, -0.25) is 0 Å². The molecule has 0 aromatic heterocycles. The van der Waals surface area contributed by atoms with Crippen LogP contribution in [0.5, 0.6) is 0 Å². The second-order valence-electron chi connectivity index (χ2n) is 7.87. The largest absolute Gasteiger partial charge is 0.399 e. The Morgan fingerprint density at radius 3 is 2.00 bits per heavy atom. The molecule has 2 nitrogen and oxygen atoms in total. The van der Waals surface area contributed by atoms with E-state index in [0.717, 1.165) is 23.4 Å². The minimum Gasteiger partial charge on any atom is -0.399 e. The molecule has 0 radical (unpaired) electrons. The molecule has 4 saturated carbocycles. The van der Waals surface area contributed by atoms with E-state index in [2.05, 4.69) is 24.1 Å². The number of anilines is 2. The fourth-order valence-electron chi connectivity index (χ4n) is 5.81. The molecule has 1 aromatic carbocycles. The lowest BCUT2D eigenvalue weighted by molar-refractivity contribution is -0.0472. The first kappa shape index (κ1) is 12.6. The molecule has 4 fully saturated rings. The Labute approximate surface area is 122 Å². The second-order valence-corrected chi connectivity index (χ2v) is 7.87. The lowest BCUT2D eigenvalue weighted by Gasteiger charge is -2.57. The predicted octanol–water partition coefficient (Wildman–Crippen LogP) is 3.92. The van der Waals surface area contributed by atoms with E-state index in [-0.39, 0.29) is 0 Å². The van der Waals surface area contributed by atoms with Gasteiger partial charge in [-0.25, -0.2) is 0 Å². The molecule has 0 heterocycles. The molecule has 0 amide bonds. The number of hydrogen-bond donors (Lipinski definition) is 1. The summed E-state index contributed by atoms with van der Waals surface area (Å²) in [6.45, 7) is 1.24. The van der Waals surface area contributed by atoms with Crippen LogP contribution in [0.2, 0.25) is 0 Å². The average Bonchev–Trinajstić information content (AvgIpc) is 2.37. The Bertz CT molecular complexity index is 455. The summed E-state index contributed by atoms with van der Waals surface area (Å²) in [5.41, 5.74) is 8.59. The van der Waals surface area contributed by atoms with Gasteiger partial charge in [0.05, 0.1) is 0 Å². The van der Waals surface area contributed by atoms with Crippen LogP contribution in [-0.4, -0.2) is 13.6 Å². The van der Waals surface area contributed by atoms with E-state index < -0.39 is 0 Å². The van der Waals surface area contributed by atoms with Gasteiger partial charge in [-0.15, -0.1) is 0 Å². The number of benzene rings is 1. The molecule has 1 aromatic rings. The van der Waals surface area contributed by atoms with Crippen molar-refractivity contribution < 1.29 is 0 Å². The van der Waals surface area contributed by atoms with Crippen molar-refractivity contribution in [3.63, 3.8) is 0 Å². The summed E-state index contributed by atoms with van der Waals surface area (Å²) in [5, 5.41) is 0. The van der Waals surface area contributed by atoms with Crippen LogP contribution in [0.15, 0.2) is 24.3 Å². The Morgan fingerprint density at radius 2 is 1.50 bits per heavy atom. The minimum atomic E-state index is 0.616. The number of hydrogen-bond acceptors (Lipinski definition) is 2. The van der Waals surface area contributed by atoms with Crippen LogP contribution in [0.4, 0.5) is 11.4 Å². The first-order valence-electron chi connectivity index (χ1n) is 8.19. The number of rotatable bonds is 3. The molecule has 4 aliphatic rings. The Balaban J connectivity index is 1.52. The number of nitrogen functional groups attached to an aromatic ring is 1. The lowest BCUT2D eigenvalue weighted by Crippen LogP contribution is -2.50. The molecule has 0 unspecified atom stereocenters. The summed E-state index contributed by atoms with van der Waals surface area (Å²) in [6.07, 6.45) is 9.05. The van der Waals surface area contributed by atoms with Crippen molar-refractivity contribution in [1.29, 1.82) is 0 Å². The summed E-state index contributed by atoms with van der Waals surface area (Å²) in [7, 11) is 2.25. The highest BCUT2D eigenvalue weighted by Gasteiger charge is 2.51. The van der Waals surface area contributed by atoms with E-state index in [9.17, 15) is 0 Å². The van der Waals surface area contributed by atoms with Gasteiger partial charge in [0, 0.05) is 25.0 Å². The summed E-state index contributed by atoms with van der Waals surface area (Å²) >= 11 is 0. The van der Waals surface area contributed by atoms with Crippen LogP contribution in [0.25, 0.3) is 0 Å². The highest BCUT2D eigenvalue weighted by atomic mass is 15.1. The first-order valence-corrected chi connectivity index (χ1v) is 8.19. The summed E-state index contributed by atoms with van der Waals surface area (Å²) in [5.74, 6) is 3.13. The van der Waals surface area contributed by atoms with E-state index >= 15 is 0 Å². The number of nitrogens with zero attached hydrogens (tertiary/aromatic N) is 1. The molecule has 0 saturated heterocycles. The molecule has 4 aliphatic carbocycles. The topological polar surface area (TPSA) is 29.3 Å². The van der Waals surface area contributed by atoms with Gasteiger partial charge < -0.3 is 10.6 Å². The normalized spacial score (nSPS) is 38.1. The molecule has 108 valence electrons. The molecular weight excluding hydrogens is 244 g/mol. The highest BCUT2D eigenvalue weighted by molar-refractivity contribution is 5.52. The average molecular weight is 270 g/mol. The SMILES string of the molecule is CN(CC12CC3CC(CC(C3)C1)C2)c1ccc(N)cc1. The standard InChI is InChI=1S/C18H26N2/c1-20(17-4-2-16(19)3-5-17)12-18-9-13-6-14(10-18)8-15(7-13)11-18/h2-5,13-15H,6-12,19H2,1H3. The van der Waals surface area contributed by atoms with Crippen molar-refractivity contribution in [2.24, 2.45) is 23.2 Å². The highest BCUT2D eigenvalue weighted by Crippen LogP contribution is 2.60. The van der Waals surface area contributed by atoms with E-state index in [1.807, 2.05) is 12.1 Å². The van der Waals surface area contributed by atoms with Crippen molar-refractivity contribution >= 4 is 11.4 Å². The molecule has 4 bridgehead atoms. The molecule has 0 atom stereocenters. The third kappa shape index (κ3) is 2.10. The van der Waals surface area contributed by atoms with Gasteiger partial charge in [0.1, 0.15) is 0 Å². The molecule has 2 N–H and O–H groups in total. The van der Waals surface area contributed by atoms with Gasteiger partial charge >= 0.3 is 0 Å². The maximum atomic E-state index is 5.80. The van der Waals surface area contributed by atoms with E-state index in [0.29, 0.717) is 5.41 Å². The van der Waals surface area contributed by atoms with Crippen LogP contribution in [0.3, 0.4) is 0 Å². The first-order chi connectivity index (χ1) is 9.62. The molecule has 0 spiro atoms. The van der Waals surface area contributed by atoms with E-state index in [1.54, 1.807) is 0 Å². The van der Waals surface area contributed by atoms with Crippen LogP contribution in [0.1, 0.15) is 38.5 Å². The lowest BCUT2D eigenvalue weighted by atomic mass is 9.49. The molecule has 20 heavy (non-hydrogen) atoms.